The molecule has 0 saturated carbocycles. The zero-order valence-corrected chi connectivity index (χ0v) is 21.6. The first-order chi connectivity index (χ1) is 17.8. The Bertz CT molecular complexity index is 1410. The van der Waals surface area contributed by atoms with E-state index in [9.17, 15) is 23.3 Å². The maximum atomic E-state index is 13.4. The van der Waals surface area contributed by atoms with Crippen LogP contribution < -0.4 is 0 Å². The Kier molecular flexibility index (Phi) is 7.95. The minimum atomic E-state index is -3.78. The van der Waals surface area contributed by atoms with Crippen molar-refractivity contribution >= 4 is 32.9 Å². The van der Waals surface area contributed by atoms with Crippen molar-refractivity contribution in [3.05, 3.63) is 66.4 Å². The van der Waals surface area contributed by atoms with E-state index in [-0.39, 0.29) is 10.8 Å². The van der Waals surface area contributed by atoms with Crippen LogP contribution in [0.1, 0.15) is 18.4 Å². The Morgan fingerprint density at radius 2 is 1.70 bits per heavy atom. The lowest BCUT2D eigenvalue weighted by Gasteiger charge is -2.37. The van der Waals surface area contributed by atoms with Crippen LogP contribution in [0.2, 0.25) is 0 Å². The standard InChI is InChI=1S/C27H29N3O6S/c1-35-26(31)25(27(32)36-2)19-12-14-29(21(16-19)17-28)15-13-20-18-30(24-11-7-6-10-23(20)24)37(33,34)22-8-4-3-5-9-22/h3-11,18-19,21,25H,12-16H2,1-2H3. The fraction of sp³-hybridized carbons (Fsp3) is 0.370. The summed E-state index contributed by atoms with van der Waals surface area (Å²) in [6, 6.07) is 17.4. The Balaban J connectivity index is 1.55. The van der Waals surface area contributed by atoms with Crippen LogP contribution in [-0.4, -0.2) is 62.6 Å². The van der Waals surface area contributed by atoms with Gasteiger partial charge in [-0.25, -0.2) is 12.4 Å². The molecule has 2 atom stereocenters. The number of piperidine rings is 1. The molecule has 1 aromatic heterocycles. The van der Waals surface area contributed by atoms with Crippen LogP contribution in [0.5, 0.6) is 0 Å². The van der Waals surface area contributed by atoms with Gasteiger partial charge in [0.1, 0.15) is 0 Å². The molecular weight excluding hydrogens is 494 g/mol. The van der Waals surface area contributed by atoms with Crippen LogP contribution in [0.3, 0.4) is 0 Å². The van der Waals surface area contributed by atoms with E-state index in [0.717, 1.165) is 10.9 Å². The summed E-state index contributed by atoms with van der Waals surface area (Å²) in [5.74, 6) is -2.74. The third kappa shape index (κ3) is 5.24. The van der Waals surface area contributed by atoms with Crippen LogP contribution in [0.4, 0.5) is 0 Å². The number of nitriles is 1. The molecule has 2 unspecified atom stereocenters. The van der Waals surface area contributed by atoms with Gasteiger partial charge < -0.3 is 9.47 Å². The van der Waals surface area contributed by atoms with E-state index in [1.165, 1.54) is 18.2 Å². The third-order valence-corrected chi connectivity index (χ3v) is 8.70. The van der Waals surface area contributed by atoms with Crippen molar-refractivity contribution in [2.45, 2.75) is 30.2 Å². The lowest BCUT2D eigenvalue weighted by atomic mass is 9.81. The first kappa shape index (κ1) is 26.4. The zero-order valence-electron chi connectivity index (χ0n) is 20.7. The molecule has 9 nitrogen and oxygen atoms in total. The minimum Gasteiger partial charge on any atom is -0.468 e. The number of carbonyl (C=O) groups is 2. The number of likely N-dealkylation sites (tertiary alicyclic amines) is 1. The van der Waals surface area contributed by atoms with Crippen LogP contribution >= 0.6 is 0 Å². The minimum absolute atomic E-state index is 0.208. The van der Waals surface area contributed by atoms with Crippen molar-refractivity contribution in [1.82, 2.24) is 8.87 Å². The van der Waals surface area contributed by atoms with E-state index < -0.39 is 33.9 Å². The highest BCUT2D eigenvalue weighted by Crippen LogP contribution is 2.32. The van der Waals surface area contributed by atoms with E-state index in [1.54, 1.807) is 48.7 Å². The van der Waals surface area contributed by atoms with Gasteiger partial charge in [-0.3, -0.25) is 14.5 Å². The predicted molar refractivity (Wildman–Crippen MR) is 136 cm³/mol. The summed E-state index contributed by atoms with van der Waals surface area (Å²) in [4.78, 5) is 26.7. The normalized spacial score (nSPS) is 18.4. The maximum Gasteiger partial charge on any atom is 0.320 e. The average Bonchev–Trinajstić information content (AvgIpc) is 3.32. The SMILES string of the molecule is COC(=O)C(C(=O)OC)C1CCN(CCc2cn(S(=O)(=O)c3ccccc3)c3ccccc23)C(C#N)C1. The maximum absolute atomic E-state index is 13.4. The van der Waals surface area contributed by atoms with Crippen molar-refractivity contribution in [2.24, 2.45) is 11.8 Å². The largest absolute Gasteiger partial charge is 0.468 e. The highest BCUT2D eigenvalue weighted by atomic mass is 32.2. The lowest BCUT2D eigenvalue weighted by Crippen LogP contribution is -2.47. The fourth-order valence-corrected chi connectivity index (χ4v) is 6.48. The number of para-hydroxylation sites is 1. The second-order valence-electron chi connectivity index (χ2n) is 9.02. The first-order valence-electron chi connectivity index (χ1n) is 12.0. The van der Waals surface area contributed by atoms with Gasteiger partial charge in [-0.1, -0.05) is 36.4 Å². The van der Waals surface area contributed by atoms with E-state index in [2.05, 4.69) is 6.07 Å². The van der Waals surface area contributed by atoms with Gasteiger partial charge in [0.15, 0.2) is 5.92 Å². The molecule has 0 bridgehead atoms. The van der Waals surface area contributed by atoms with E-state index in [1.807, 2.05) is 17.0 Å². The Labute approximate surface area is 216 Å². The number of benzene rings is 2. The Hall–Kier alpha value is -3.68. The van der Waals surface area contributed by atoms with Gasteiger partial charge >= 0.3 is 11.9 Å². The number of hydrogen-bond acceptors (Lipinski definition) is 8. The topological polar surface area (TPSA) is 119 Å². The highest BCUT2D eigenvalue weighted by Gasteiger charge is 2.41. The lowest BCUT2D eigenvalue weighted by molar-refractivity contribution is -0.162. The number of carbonyl (C=O) groups excluding carboxylic acids is 2. The summed E-state index contributed by atoms with van der Waals surface area (Å²) in [5, 5.41) is 10.7. The second-order valence-corrected chi connectivity index (χ2v) is 10.8. The predicted octanol–water partition coefficient (Wildman–Crippen LogP) is 2.99. The van der Waals surface area contributed by atoms with Crippen LogP contribution in [-0.2, 0) is 35.5 Å². The summed E-state index contributed by atoms with van der Waals surface area (Å²) in [6.07, 6.45) is 3.04. The summed E-state index contributed by atoms with van der Waals surface area (Å²) in [7, 11) is -1.33. The van der Waals surface area contributed by atoms with Crippen molar-refractivity contribution in [3.8, 4) is 6.07 Å². The quantitative estimate of drug-likeness (QED) is 0.327. The summed E-state index contributed by atoms with van der Waals surface area (Å²) >= 11 is 0. The summed E-state index contributed by atoms with van der Waals surface area (Å²) in [6.45, 7) is 1.03. The molecule has 1 fully saturated rings. The molecule has 10 heteroatoms. The fourth-order valence-electron chi connectivity index (χ4n) is 5.07. The van der Waals surface area contributed by atoms with Gasteiger partial charge in [-0.15, -0.1) is 0 Å². The van der Waals surface area contributed by atoms with Crippen LogP contribution in [0.15, 0.2) is 65.7 Å². The molecule has 1 saturated heterocycles. The van der Waals surface area contributed by atoms with Gasteiger partial charge in [0.2, 0.25) is 0 Å². The molecule has 1 aliphatic heterocycles. The van der Waals surface area contributed by atoms with Crippen LogP contribution in [0, 0.1) is 23.2 Å². The molecule has 0 amide bonds. The molecule has 1 aliphatic rings. The second kappa shape index (κ2) is 11.2. The van der Waals surface area contributed by atoms with E-state index in [4.69, 9.17) is 9.47 Å². The number of hydrogen-bond donors (Lipinski definition) is 0. The molecule has 0 N–H and O–H groups in total. The smallest absolute Gasteiger partial charge is 0.320 e. The van der Waals surface area contributed by atoms with Crippen molar-refractivity contribution in [3.63, 3.8) is 0 Å². The van der Waals surface area contributed by atoms with Crippen LogP contribution in [0.25, 0.3) is 10.9 Å². The van der Waals surface area contributed by atoms with Crippen molar-refractivity contribution in [2.75, 3.05) is 27.3 Å². The number of methoxy groups -OCH3 is 2. The molecule has 0 spiro atoms. The zero-order chi connectivity index (χ0) is 26.6. The number of esters is 2. The highest BCUT2D eigenvalue weighted by molar-refractivity contribution is 7.90. The molecule has 2 aromatic carbocycles. The molecule has 3 aromatic rings. The average molecular weight is 524 g/mol. The van der Waals surface area contributed by atoms with Gasteiger partial charge in [-0.2, -0.15) is 5.26 Å². The molecule has 0 radical (unpaired) electrons. The van der Waals surface area contributed by atoms with Gasteiger partial charge in [0, 0.05) is 18.1 Å². The summed E-state index contributed by atoms with van der Waals surface area (Å²) < 4.78 is 37.6. The van der Waals surface area contributed by atoms with E-state index in [0.29, 0.717) is 37.9 Å². The Morgan fingerprint density at radius 1 is 1.05 bits per heavy atom. The molecular formula is C27H29N3O6S. The third-order valence-electron chi connectivity index (χ3n) is 7.01. The monoisotopic (exact) mass is 523 g/mol. The van der Waals surface area contributed by atoms with Crippen molar-refractivity contribution in [1.29, 1.82) is 5.26 Å². The Morgan fingerprint density at radius 3 is 2.35 bits per heavy atom. The number of aromatic nitrogens is 1. The molecule has 2 heterocycles. The molecule has 37 heavy (non-hydrogen) atoms. The molecule has 0 aliphatic carbocycles. The molecule has 194 valence electrons. The van der Waals surface area contributed by atoms with Gasteiger partial charge in [0.25, 0.3) is 10.0 Å². The van der Waals surface area contributed by atoms with Gasteiger partial charge in [-0.05, 0) is 55.5 Å². The first-order valence-corrected chi connectivity index (χ1v) is 13.4. The number of ether oxygens (including phenoxy) is 2. The van der Waals surface area contributed by atoms with E-state index >= 15 is 0 Å². The van der Waals surface area contributed by atoms with Crippen molar-refractivity contribution < 1.29 is 27.5 Å². The number of nitrogens with zero attached hydrogens (tertiary/aromatic N) is 3. The summed E-state index contributed by atoms with van der Waals surface area (Å²) in [5.41, 5.74) is 1.45. The van der Waals surface area contributed by atoms with Gasteiger partial charge in [0.05, 0.1) is 36.7 Å². The molecule has 4 rings (SSSR count). The number of rotatable bonds is 8. The number of fused-ring (bicyclic) bond motifs is 1.